The van der Waals surface area contributed by atoms with Crippen LogP contribution in [0.15, 0.2) is 18.2 Å². The van der Waals surface area contributed by atoms with Gasteiger partial charge in [-0.1, -0.05) is 6.42 Å². The van der Waals surface area contributed by atoms with Crippen LogP contribution in [-0.2, 0) is 0 Å². The minimum absolute atomic E-state index is 0.383. The minimum atomic E-state index is -0.859. The normalized spacial score (nSPS) is 23.0. The van der Waals surface area contributed by atoms with E-state index in [1.807, 2.05) is 30.8 Å². The second-order valence-electron chi connectivity index (χ2n) is 4.79. The van der Waals surface area contributed by atoms with Gasteiger partial charge in [0.05, 0.1) is 5.56 Å². The zero-order valence-electron chi connectivity index (χ0n) is 10.8. The predicted octanol–water partition coefficient (Wildman–Crippen LogP) is 3.39. The van der Waals surface area contributed by atoms with E-state index in [9.17, 15) is 4.79 Å². The summed E-state index contributed by atoms with van der Waals surface area (Å²) in [4.78, 5) is 11.0. The molecule has 98 valence electrons. The fourth-order valence-electron chi connectivity index (χ4n) is 2.58. The number of carboxylic acid groups (broad SMARTS) is 1. The van der Waals surface area contributed by atoms with Gasteiger partial charge in [-0.05, 0) is 49.8 Å². The van der Waals surface area contributed by atoms with Gasteiger partial charge >= 0.3 is 5.97 Å². The molecule has 0 amide bonds. The van der Waals surface area contributed by atoms with Crippen LogP contribution in [0.25, 0.3) is 0 Å². The van der Waals surface area contributed by atoms with Crippen LogP contribution in [-0.4, -0.2) is 28.6 Å². The first kappa shape index (κ1) is 13.3. The number of aryl methyl sites for hydroxylation is 1. The van der Waals surface area contributed by atoms with Gasteiger partial charge in [0.2, 0.25) is 0 Å². The third-order valence-corrected chi connectivity index (χ3v) is 4.73. The zero-order valence-corrected chi connectivity index (χ0v) is 11.6. The highest BCUT2D eigenvalue weighted by atomic mass is 32.2. The molecule has 1 aromatic carbocycles. The summed E-state index contributed by atoms with van der Waals surface area (Å²) in [6.07, 6.45) is 5.90. The number of carboxylic acids is 1. The summed E-state index contributed by atoms with van der Waals surface area (Å²) in [6.45, 7) is 1.84. The van der Waals surface area contributed by atoms with Crippen LogP contribution in [0.4, 0.5) is 5.69 Å². The SMILES string of the molecule is CSC1CCCC1Nc1ccc(C(=O)O)c(C)c1. The number of nitrogens with one attached hydrogen (secondary N) is 1. The van der Waals surface area contributed by atoms with Gasteiger partial charge in [0, 0.05) is 17.0 Å². The molecule has 18 heavy (non-hydrogen) atoms. The summed E-state index contributed by atoms with van der Waals surface area (Å²) in [5, 5.41) is 13.2. The Hall–Kier alpha value is -1.16. The number of aromatic carboxylic acids is 1. The monoisotopic (exact) mass is 265 g/mol. The van der Waals surface area contributed by atoms with Crippen molar-refractivity contribution in [1.29, 1.82) is 0 Å². The number of anilines is 1. The van der Waals surface area contributed by atoms with Crippen molar-refractivity contribution in [1.82, 2.24) is 0 Å². The predicted molar refractivity (Wildman–Crippen MR) is 76.7 cm³/mol. The molecular weight excluding hydrogens is 246 g/mol. The summed E-state index contributed by atoms with van der Waals surface area (Å²) in [5.74, 6) is -0.859. The highest BCUT2D eigenvalue weighted by molar-refractivity contribution is 7.99. The molecule has 3 nitrogen and oxygen atoms in total. The van der Waals surface area contributed by atoms with Crippen molar-refractivity contribution in [3.8, 4) is 0 Å². The quantitative estimate of drug-likeness (QED) is 0.876. The molecule has 1 aliphatic carbocycles. The van der Waals surface area contributed by atoms with Gasteiger partial charge in [0.15, 0.2) is 0 Å². The van der Waals surface area contributed by atoms with Gasteiger partial charge in [0.1, 0.15) is 0 Å². The lowest BCUT2D eigenvalue weighted by atomic mass is 10.1. The lowest BCUT2D eigenvalue weighted by Crippen LogP contribution is -2.25. The van der Waals surface area contributed by atoms with E-state index in [2.05, 4.69) is 11.6 Å². The maximum atomic E-state index is 11.0. The summed E-state index contributed by atoms with van der Waals surface area (Å²) in [7, 11) is 0. The molecule has 4 heteroatoms. The molecule has 0 radical (unpaired) electrons. The summed E-state index contributed by atoms with van der Waals surface area (Å²) in [6, 6.07) is 5.99. The van der Waals surface area contributed by atoms with E-state index in [1.165, 1.54) is 19.3 Å². The topological polar surface area (TPSA) is 49.3 Å². The van der Waals surface area contributed by atoms with Crippen molar-refractivity contribution in [3.63, 3.8) is 0 Å². The molecule has 0 bridgehead atoms. The van der Waals surface area contributed by atoms with Gasteiger partial charge < -0.3 is 10.4 Å². The lowest BCUT2D eigenvalue weighted by molar-refractivity contribution is 0.0696. The minimum Gasteiger partial charge on any atom is -0.478 e. The Morgan fingerprint density at radius 1 is 1.44 bits per heavy atom. The molecule has 0 aromatic heterocycles. The molecule has 0 aliphatic heterocycles. The van der Waals surface area contributed by atoms with Crippen molar-refractivity contribution < 1.29 is 9.90 Å². The fraction of sp³-hybridized carbons (Fsp3) is 0.500. The van der Waals surface area contributed by atoms with E-state index in [-0.39, 0.29) is 0 Å². The lowest BCUT2D eigenvalue weighted by Gasteiger charge is -2.20. The Bertz CT molecular complexity index is 447. The summed E-state index contributed by atoms with van der Waals surface area (Å²) >= 11 is 1.92. The van der Waals surface area contributed by atoms with Crippen LogP contribution in [0.3, 0.4) is 0 Å². The summed E-state index contributed by atoms with van der Waals surface area (Å²) in [5.41, 5.74) is 2.23. The van der Waals surface area contributed by atoms with Crippen LogP contribution in [0, 0.1) is 6.92 Å². The van der Waals surface area contributed by atoms with E-state index in [0.29, 0.717) is 16.9 Å². The van der Waals surface area contributed by atoms with E-state index < -0.39 is 5.97 Å². The number of hydrogen-bond donors (Lipinski definition) is 2. The van der Waals surface area contributed by atoms with Crippen molar-refractivity contribution in [2.24, 2.45) is 0 Å². The largest absolute Gasteiger partial charge is 0.478 e. The number of hydrogen-bond acceptors (Lipinski definition) is 3. The van der Waals surface area contributed by atoms with Crippen LogP contribution >= 0.6 is 11.8 Å². The highest BCUT2D eigenvalue weighted by Crippen LogP contribution is 2.31. The molecule has 0 spiro atoms. The van der Waals surface area contributed by atoms with Crippen LogP contribution in [0.2, 0.25) is 0 Å². The van der Waals surface area contributed by atoms with Gasteiger partial charge in [-0.3, -0.25) is 0 Å². The average molecular weight is 265 g/mol. The van der Waals surface area contributed by atoms with Crippen molar-refractivity contribution in [2.45, 2.75) is 37.5 Å². The second-order valence-corrected chi connectivity index (χ2v) is 5.87. The maximum Gasteiger partial charge on any atom is 0.335 e. The van der Waals surface area contributed by atoms with Gasteiger partial charge in [-0.15, -0.1) is 0 Å². The third kappa shape index (κ3) is 2.80. The van der Waals surface area contributed by atoms with E-state index in [4.69, 9.17) is 5.11 Å². The van der Waals surface area contributed by atoms with Crippen LogP contribution in [0.1, 0.15) is 35.2 Å². The molecule has 2 rings (SSSR count). The Balaban J connectivity index is 2.10. The smallest absolute Gasteiger partial charge is 0.335 e. The van der Waals surface area contributed by atoms with Crippen molar-refractivity contribution in [2.75, 3.05) is 11.6 Å². The summed E-state index contributed by atoms with van der Waals surface area (Å²) < 4.78 is 0. The molecule has 1 fully saturated rings. The Labute approximate surface area is 112 Å². The number of thioether (sulfide) groups is 1. The molecule has 0 saturated heterocycles. The molecule has 2 atom stereocenters. The number of rotatable bonds is 4. The van der Waals surface area contributed by atoms with Crippen molar-refractivity contribution >= 4 is 23.4 Å². The zero-order chi connectivity index (χ0) is 13.1. The maximum absolute atomic E-state index is 11.0. The third-order valence-electron chi connectivity index (χ3n) is 3.56. The molecule has 2 unspecified atom stereocenters. The van der Waals surface area contributed by atoms with E-state index >= 15 is 0 Å². The number of carbonyl (C=O) groups is 1. The van der Waals surface area contributed by atoms with Crippen LogP contribution in [0.5, 0.6) is 0 Å². The van der Waals surface area contributed by atoms with Gasteiger partial charge in [-0.25, -0.2) is 4.79 Å². The first-order valence-electron chi connectivity index (χ1n) is 6.25. The van der Waals surface area contributed by atoms with Crippen LogP contribution < -0.4 is 5.32 Å². The van der Waals surface area contributed by atoms with Gasteiger partial charge in [0.25, 0.3) is 0 Å². The van der Waals surface area contributed by atoms with E-state index in [1.54, 1.807) is 6.07 Å². The molecule has 1 aromatic rings. The fourth-order valence-corrected chi connectivity index (χ4v) is 3.52. The molecule has 1 aliphatic rings. The average Bonchev–Trinajstić information content (AvgIpc) is 2.76. The second kappa shape index (κ2) is 5.65. The molecule has 2 N–H and O–H groups in total. The standard InChI is InChI=1S/C14H19NO2S/c1-9-8-10(6-7-11(9)14(16)17)15-12-4-3-5-13(12)18-2/h6-8,12-13,15H,3-5H2,1-2H3,(H,16,17). The highest BCUT2D eigenvalue weighted by Gasteiger charge is 2.26. The Morgan fingerprint density at radius 2 is 2.22 bits per heavy atom. The molecular formula is C14H19NO2S. The first-order valence-corrected chi connectivity index (χ1v) is 7.54. The molecule has 1 saturated carbocycles. The Kier molecular flexibility index (Phi) is 4.17. The Morgan fingerprint density at radius 3 is 2.83 bits per heavy atom. The van der Waals surface area contributed by atoms with Crippen molar-refractivity contribution in [3.05, 3.63) is 29.3 Å². The molecule has 0 heterocycles. The van der Waals surface area contributed by atoms with E-state index in [0.717, 1.165) is 11.3 Å². The first-order chi connectivity index (χ1) is 8.61. The number of benzene rings is 1. The van der Waals surface area contributed by atoms with Gasteiger partial charge in [-0.2, -0.15) is 11.8 Å².